The van der Waals surface area contributed by atoms with Crippen LogP contribution in [0.1, 0.15) is 25.0 Å². The van der Waals surface area contributed by atoms with E-state index in [2.05, 4.69) is 134 Å². The fourth-order valence-corrected chi connectivity index (χ4v) is 6.56. The molecule has 0 amide bonds. The molecule has 0 fully saturated rings. The number of rotatable bonds is 5. The Bertz CT molecular complexity index is 2150. The lowest BCUT2D eigenvalue weighted by molar-refractivity contribution is 0.660. The Kier molecular flexibility index (Phi) is 6.46. The first-order valence-electron chi connectivity index (χ1n) is 15.4. The number of hydrogen-bond donors (Lipinski definition) is 0. The SMILES string of the molecule is CC1(C)c2ccccc2-c2cc(-c3ccc(-c4cc(-c5ccccc5)nc(-c5ccc(-c6cccnc6)cc5)n4)cc3)ccc21. The highest BCUT2D eigenvalue weighted by Gasteiger charge is 2.35. The molecule has 214 valence electrons. The van der Waals surface area contributed by atoms with Gasteiger partial charge in [-0.1, -0.05) is 135 Å². The van der Waals surface area contributed by atoms with Crippen LogP contribution in [-0.2, 0) is 5.41 Å². The van der Waals surface area contributed by atoms with Crippen molar-refractivity contribution < 1.29 is 0 Å². The lowest BCUT2D eigenvalue weighted by Gasteiger charge is -2.21. The molecule has 45 heavy (non-hydrogen) atoms. The van der Waals surface area contributed by atoms with Crippen LogP contribution in [0.25, 0.3) is 67.3 Å². The standard InChI is InChI=1S/C42H31N3/c1-42(2)37-13-7-6-12-35(37)36-25-33(22-23-38(36)42)28-14-18-31(19-15-28)40-26-39(30-9-4-3-5-10-30)44-41(45-40)32-20-16-29(17-21-32)34-11-8-24-43-27-34/h3-27H,1-2H3. The lowest BCUT2D eigenvalue weighted by atomic mass is 9.82. The van der Waals surface area contributed by atoms with Crippen LogP contribution in [0.2, 0.25) is 0 Å². The Morgan fingerprint density at radius 2 is 0.978 bits per heavy atom. The van der Waals surface area contributed by atoms with Crippen molar-refractivity contribution in [3.63, 3.8) is 0 Å². The van der Waals surface area contributed by atoms with Gasteiger partial charge in [0.1, 0.15) is 0 Å². The molecule has 0 N–H and O–H groups in total. The topological polar surface area (TPSA) is 38.7 Å². The van der Waals surface area contributed by atoms with Crippen LogP contribution in [0, 0.1) is 0 Å². The summed E-state index contributed by atoms with van der Waals surface area (Å²) in [5.74, 6) is 0.702. The van der Waals surface area contributed by atoms with Gasteiger partial charge >= 0.3 is 0 Å². The summed E-state index contributed by atoms with van der Waals surface area (Å²) in [5.41, 5.74) is 14.9. The van der Waals surface area contributed by atoms with Crippen LogP contribution >= 0.6 is 0 Å². The molecule has 7 aromatic rings. The molecule has 3 nitrogen and oxygen atoms in total. The summed E-state index contributed by atoms with van der Waals surface area (Å²) >= 11 is 0. The number of fused-ring (bicyclic) bond motifs is 3. The number of hydrogen-bond acceptors (Lipinski definition) is 3. The van der Waals surface area contributed by atoms with Crippen LogP contribution < -0.4 is 0 Å². The predicted molar refractivity (Wildman–Crippen MR) is 185 cm³/mol. The Balaban J connectivity index is 1.16. The first-order valence-corrected chi connectivity index (χ1v) is 15.4. The summed E-state index contributed by atoms with van der Waals surface area (Å²) in [5, 5.41) is 0. The molecule has 0 saturated carbocycles. The zero-order chi connectivity index (χ0) is 30.4. The zero-order valence-electron chi connectivity index (χ0n) is 25.3. The van der Waals surface area contributed by atoms with E-state index in [1.54, 1.807) is 6.20 Å². The molecular weight excluding hydrogens is 546 g/mol. The molecule has 0 saturated heterocycles. The molecule has 5 aromatic carbocycles. The minimum Gasteiger partial charge on any atom is -0.264 e. The minimum atomic E-state index is 0.00850. The van der Waals surface area contributed by atoms with Crippen molar-refractivity contribution in [3.8, 4) is 67.3 Å². The summed E-state index contributed by atoms with van der Waals surface area (Å²) in [6.45, 7) is 4.64. The van der Waals surface area contributed by atoms with E-state index in [4.69, 9.17) is 9.97 Å². The van der Waals surface area contributed by atoms with Crippen molar-refractivity contribution in [1.29, 1.82) is 0 Å². The monoisotopic (exact) mass is 577 g/mol. The first-order chi connectivity index (χ1) is 22.0. The van der Waals surface area contributed by atoms with Crippen LogP contribution in [0.15, 0.2) is 152 Å². The maximum atomic E-state index is 5.07. The van der Waals surface area contributed by atoms with Crippen molar-refractivity contribution in [2.45, 2.75) is 19.3 Å². The number of aromatic nitrogens is 3. The van der Waals surface area contributed by atoms with Crippen molar-refractivity contribution in [2.24, 2.45) is 0 Å². The molecular formula is C42H31N3. The normalized spacial score (nSPS) is 12.8. The summed E-state index contributed by atoms with van der Waals surface area (Å²) in [4.78, 5) is 14.3. The van der Waals surface area contributed by atoms with Crippen molar-refractivity contribution in [3.05, 3.63) is 163 Å². The molecule has 3 heteroatoms. The Hall–Kier alpha value is -5.67. The molecule has 0 aliphatic heterocycles. The third-order valence-electron chi connectivity index (χ3n) is 9.03. The van der Waals surface area contributed by atoms with E-state index in [1.165, 1.54) is 33.4 Å². The van der Waals surface area contributed by atoms with E-state index >= 15 is 0 Å². The summed E-state index contributed by atoms with van der Waals surface area (Å²) in [6.07, 6.45) is 3.67. The zero-order valence-corrected chi connectivity index (χ0v) is 25.3. The van der Waals surface area contributed by atoms with Crippen LogP contribution in [-0.4, -0.2) is 15.0 Å². The fraction of sp³-hybridized carbons (Fsp3) is 0.0714. The molecule has 0 bridgehead atoms. The predicted octanol–water partition coefficient (Wildman–Crippen LogP) is 10.5. The average molecular weight is 578 g/mol. The van der Waals surface area contributed by atoms with Gasteiger partial charge in [0.15, 0.2) is 5.82 Å². The molecule has 8 rings (SSSR count). The van der Waals surface area contributed by atoms with Crippen molar-refractivity contribution in [2.75, 3.05) is 0 Å². The smallest absolute Gasteiger partial charge is 0.160 e. The third-order valence-corrected chi connectivity index (χ3v) is 9.03. The maximum absolute atomic E-state index is 5.07. The summed E-state index contributed by atoms with van der Waals surface area (Å²) < 4.78 is 0. The quantitative estimate of drug-likeness (QED) is 0.204. The molecule has 0 spiro atoms. The van der Waals surface area contributed by atoms with E-state index in [0.29, 0.717) is 5.82 Å². The highest BCUT2D eigenvalue weighted by molar-refractivity contribution is 5.85. The van der Waals surface area contributed by atoms with E-state index in [9.17, 15) is 0 Å². The van der Waals surface area contributed by atoms with Gasteiger partial charge in [-0.15, -0.1) is 0 Å². The highest BCUT2D eigenvalue weighted by atomic mass is 14.9. The fourth-order valence-electron chi connectivity index (χ4n) is 6.56. The van der Waals surface area contributed by atoms with Crippen molar-refractivity contribution >= 4 is 0 Å². The first kappa shape index (κ1) is 26.9. The highest BCUT2D eigenvalue weighted by Crippen LogP contribution is 2.49. The summed E-state index contributed by atoms with van der Waals surface area (Å²) in [7, 11) is 0. The van der Waals surface area contributed by atoms with Gasteiger partial charge in [-0.3, -0.25) is 4.98 Å². The van der Waals surface area contributed by atoms with Crippen LogP contribution in [0.3, 0.4) is 0 Å². The van der Waals surface area contributed by atoms with Gasteiger partial charge in [0.2, 0.25) is 0 Å². The number of nitrogens with zero attached hydrogens (tertiary/aromatic N) is 3. The van der Waals surface area contributed by atoms with Crippen LogP contribution in [0.5, 0.6) is 0 Å². The summed E-state index contributed by atoms with van der Waals surface area (Å²) in [6, 6.07) is 49.3. The maximum Gasteiger partial charge on any atom is 0.160 e. The minimum absolute atomic E-state index is 0.00850. The van der Waals surface area contributed by atoms with Gasteiger partial charge in [-0.05, 0) is 62.7 Å². The lowest BCUT2D eigenvalue weighted by Crippen LogP contribution is -2.14. The third kappa shape index (κ3) is 4.83. The van der Waals surface area contributed by atoms with Gasteiger partial charge in [-0.2, -0.15) is 0 Å². The van der Waals surface area contributed by atoms with Crippen molar-refractivity contribution in [1.82, 2.24) is 15.0 Å². The molecule has 1 aliphatic carbocycles. The molecule has 1 aliphatic rings. The second-order valence-corrected chi connectivity index (χ2v) is 12.2. The molecule has 0 atom stereocenters. The second kappa shape index (κ2) is 10.8. The molecule has 2 heterocycles. The number of pyridine rings is 1. The van der Waals surface area contributed by atoms with Gasteiger partial charge in [0.25, 0.3) is 0 Å². The second-order valence-electron chi connectivity index (χ2n) is 12.2. The van der Waals surface area contributed by atoms with Gasteiger partial charge < -0.3 is 0 Å². The molecule has 2 aromatic heterocycles. The Morgan fingerprint density at radius 3 is 1.69 bits per heavy atom. The van der Waals surface area contributed by atoms with E-state index in [-0.39, 0.29) is 5.41 Å². The Labute approximate surface area is 264 Å². The molecule has 0 unspecified atom stereocenters. The molecule has 0 radical (unpaired) electrons. The van der Waals surface area contributed by atoms with E-state index in [1.807, 2.05) is 30.5 Å². The number of benzene rings is 5. The van der Waals surface area contributed by atoms with Gasteiger partial charge in [0, 0.05) is 34.5 Å². The largest absolute Gasteiger partial charge is 0.264 e. The van der Waals surface area contributed by atoms with Gasteiger partial charge in [0.05, 0.1) is 11.4 Å². The average Bonchev–Trinajstić information content (AvgIpc) is 3.34. The van der Waals surface area contributed by atoms with Crippen LogP contribution in [0.4, 0.5) is 0 Å². The van der Waals surface area contributed by atoms with E-state index in [0.717, 1.165) is 39.2 Å². The van der Waals surface area contributed by atoms with E-state index < -0.39 is 0 Å². The Morgan fingerprint density at radius 1 is 0.422 bits per heavy atom. The van der Waals surface area contributed by atoms with Gasteiger partial charge in [-0.25, -0.2) is 9.97 Å².